The third kappa shape index (κ3) is 4.14. The van der Waals surface area contributed by atoms with E-state index in [1.165, 1.54) is 23.1 Å². The zero-order valence-electron chi connectivity index (χ0n) is 16.0. The molecule has 3 rings (SSSR count). The highest BCUT2D eigenvalue weighted by Crippen LogP contribution is 2.25. The van der Waals surface area contributed by atoms with Gasteiger partial charge in [-0.05, 0) is 44.2 Å². The lowest BCUT2D eigenvalue weighted by Gasteiger charge is -2.17. The molecule has 1 aliphatic rings. The Labute approximate surface area is 173 Å². The van der Waals surface area contributed by atoms with Crippen molar-refractivity contribution in [2.24, 2.45) is 0 Å². The predicted octanol–water partition coefficient (Wildman–Crippen LogP) is 2.50. The van der Waals surface area contributed by atoms with Crippen molar-refractivity contribution in [1.29, 1.82) is 0 Å². The van der Waals surface area contributed by atoms with Gasteiger partial charge in [0, 0.05) is 24.7 Å². The van der Waals surface area contributed by atoms with Crippen LogP contribution in [0.5, 0.6) is 0 Å². The molecule has 0 unspecified atom stereocenters. The molecule has 0 radical (unpaired) electrons. The number of fused-ring (bicyclic) bond motifs is 1. The molecule has 0 aliphatic carbocycles. The van der Waals surface area contributed by atoms with E-state index >= 15 is 0 Å². The Morgan fingerprint density at radius 3 is 2.21 bits per heavy atom. The minimum Gasteiger partial charge on any atom is -0.350 e. The number of hydrogen-bond donors (Lipinski definition) is 2. The van der Waals surface area contributed by atoms with Gasteiger partial charge in [-0.1, -0.05) is 23.7 Å². The number of imide groups is 1. The first-order valence-electron chi connectivity index (χ1n) is 9.14. The highest BCUT2D eigenvalue weighted by molar-refractivity contribution is 6.33. The monoisotopic (exact) mass is 413 g/mol. The van der Waals surface area contributed by atoms with Crippen molar-refractivity contribution in [3.05, 3.63) is 69.7 Å². The summed E-state index contributed by atoms with van der Waals surface area (Å²) in [7, 11) is 0. The molecule has 0 aromatic heterocycles. The van der Waals surface area contributed by atoms with Crippen molar-refractivity contribution in [3.8, 4) is 0 Å². The third-order valence-corrected chi connectivity index (χ3v) is 4.84. The third-order valence-electron chi connectivity index (χ3n) is 4.51. The van der Waals surface area contributed by atoms with Gasteiger partial charge in [-0.25, -0.2) is 0 Å². The second-order valence-corrected chi connectivity index (χ2v) is 7.23. The number of nitrogens with one attached hydrogen (secondary N) is 2. The molecule has 0 saturated carbocycles. The summed E-state index contributed by atoms with van der Waals surface area (Å²) in [5, 5.41) is 5.70. The van der Waals surface area contributed by atoms with Gasteiger partial charge in [0.25, 0.3) is 23.6 Å². The zero-order valence-corrected chi connectivity index (χ0v) is 16.7. The van der Waals surface area contributed by atoms with Crippen LogP contribution in [0.4, 0.5) is 0 Å². The molecule has 2 N–H and O–H groups in total. The molecular formula is C21H20ClN3O4. The summed E-state index contributed by atoms with van der Waals surface area (Å²) < 4.78 is 0. The fourth-order valence-electron chi connectivity index (χ4n) is 3.06. The van der Waals surface area contributed by atoms with Crippen LogP contribution in [0.25, 0.3) is 0 Å². The number of halogens is 1. The molecule has 0 saturated heterocycles. The first-order valence-corrected chi connectivity index (χ1v) is 9.52. The fraction of sp³-hybridized carbons (Fsp3) is 0.238. The molecule has 29 heavy (non-hydrogen) atoms. The van der Waals surface area contributed by atoms with E-state index in [0.717, 1.165) is 0 Å². The summed E-state index contributed by atoms with van der Waals surface area (Å²) in [6.45, 7) is 3.91. The van der Waals surface area contributed by atoms with Crippen molar-refractivity contribution in [3.63, 3.8) is 0 Å². The van der Waals surface area contributed by atoms with Crippen LogP contribution in [0.15, 0.2) is 42.5 Å². The number of hydrogen-bond acceptors (Lipinski definition) is 4. The number of carbonyl (C=O) groups is 4. The topological polar surface area (TPSA) is 95.6 Å². The maximum atomic E-state index is 12.4. The lowest BCUT2D eigenvalue weighted by molar-refractivity contribution is 0.0608. The zero-order chi connectivity index (χ0) is 21.1. The highest BCUT2D eigenvalue weighted by Gasteiger charge is 2.37. The van der Waals surface area contributed by atoms with E-state index in [4.69, 9.17) is 11.6 Å². The molecule has 0 atom stereocenters. The van der Waals surface area contributed by atoms with Gasteiger partial charge in [0.1, 0.15) is 0 Å². The van der Waals surface area contributed by atoms with Crippen LogP contribution in [-0.4, -0.2) is 47.7 Å². The maximum absolute atomic E-state index is 12.4. The Balaban J connectivity index is 1.58. The largest absolute Gasteiger partial charge is 0.350 e. The second kappa shape index (κ2) is 8.45. The Bertz CT molecular complexity index is 1000. The Morgan fingerprint density at radius 1 is 0.931 bits per heavy atom. The van der Waals surface area contributed by atoms with E-state index < -0.39 is 11.8 Å². The van der Waals surface area contributed by atoms with Gasteiger partial charge < -0.3 is 10.6 Å². The van der Waals surface area contributed by atoms with Crippen molar-refractivity contribution in [1.82, 2.24) is 15.5 Å². The van der Waals surface area contributed by atoms with E-state index in [1.807, 2.05) is 0 Å². The Morgan fingerprint density at radius 2 is 1.55 bits per heavy atom. The minimum absolute atomic E-state index is 0.192. The molecular weight excluding hydrogens is 394 g/mol. The molecule has 1 aliphatic heterocycles. The van der Waals surface area contributed by atoms with Crippen LogP contribution >= 0.6 is 11.6 Å². The SMILES string of the molecule is CC(C)N1C(=O)c2ccc(C(=O)NCCNC(=O)c3ccccc3Cl)cc2C1=O. The Hall–Kier alpha value is -3.19. The molecule has 2 aromatic carbocycles. The normalized spacial score (nSPS) is 12.9. The molecule has 0 bridgehead atoms. The van der Waals surface area contributed by atoms with E-state index in [2.05, 4.69) is 10.6 Å². The quantitative estimate of drug-likeness (QED) is 0.561. The van der Waals surface area contributed by atoms with Crippen molar-refractivity contribution < 1.29 is 19.2 Å². The average Bonchev–Trinajstić information content (AvgIpc) is 2.95. The summed E-state index contributed by atoms with van der Waals surface area (Å²) >= 11 is 5.98. The first kappa shape index (κ1) is 20.5. The molecule has 0 fully saturated rings. The van der Waals surface area contributed by atoms with Crippen LogP contribution in [0.1, 0.15) is 55.3 Å². The lowest BCUT2D eigenvalue weighted by atomic mass is 10.1. The van der Waals surface area contributed by atoms with Crippen molar-refractivity contribution in [2.45, 2.75) is 19.9 Å². The summed E-state index contributed by atoms with van der Waals surface area (Å²) in [4.78, 5) is 50.4. The molecule has 8 heteroatoms. The van der Waals surface area contributed by atoms with Crippen LogP contribution in [0.3, 0.4) is 0 Å². The van der Waals surface area contributed by atoms with Gasteiger partial charge in [-0.3, -0.25) is 24.1 Å². The van der Waals surface area contributed by atoms with Gasteiger partial charge in [-0.15, -0.1) is 0 Å². The average molecular weight is 414 g/mol. The molecule has 150 valence electrons. The Kier molecular flexibility index (Phi) is 5.98. The summed E-state index contributed by atoms with van der Waals surface area (Å²) in [6, 6.07) is 10.8. The van der Waals surface area contributed by atoms with Crippen LogP contribution < -0.4 is 10.6 Å². The van der Waals surface area contributed by atoms with Gasteiger partial charge in [0.2, 0.25) is 0 Å². The van der Waals surface area contributed by atoms with Gasteiger partial charge in [-0.2, -0.15) is 0 Å². The van der Waals surface area contributed by atoms with Crippen LogP contribution in [0, 0.1) is 0 Å². The number of nitrogens with zero attached hydrogens (tertiary/aromatic N) is 1. The predicted molar refractivity (Wildman–Crippen MR) is 108 cm³/mol. The second-order valence-electron chi connectivity index (χ2n) is 6.83. The van der Waals surface area contributed by atoms with Crippen molar-refractivity contribution >= 4 is 35.2 Å². The van der Waals surface area contributed by atoms with Gasteiger partial charge >= 0.3 is 0 Å². The molecule has 4 amide bonds. The molecule has 2 aromatic rings. The summed E-state index contributed by atoms with van der Waals surface area (Å²) in [5.41, 5.74) is 1.15. The minimum atomic E-state index is -0.401. The van der Waals surface area contributed by atoms with Gasteiger partial charge in [0.05, 0.1) is 21.7 Å². The number of carbonyl (C=O) groups excluding carboxylic acids is 4. The summed E-state index contributed by atoms with van der Waals surface area (Å²) in [6.07, 6.45) is 0. The summed E-state index contributed by atoms with van der Waals surface area (Å²) in [5.74, 6) is -1.49. The molecule has 1 heterocycles. The molecule has 0 spiro atoms. The van der Waals surface area contributed by atoms with Crippen LogP contribution in [0.2, 0.25) is 5.02 Å². The molecule has 7 nitrogen and oxygen atoms in total. The standard InChI is InChI=1S/C21H20ClN3O4/c1-12(2)25-20(28)14-8-7-13(11-16(14)21(25)29)18(26)23-9-10-24-19(27)15-5-3-4-6-17(15)22/h3-8,11-12H,9-10H2,1-2H3,(H,23,26)(H,24,27). The number of rotatable bonds is 6. The van der Waals surface area contributed by atoms with E-state index in [0.29, 0.717) is 16.1 Å². The lowest BCUT2D eigenvalue weighted by Crippen LogP contribution is -2.36. The number of benzene rings is 2. The van der Waals surface area contributed by atoms with E-state index in [1.54, 1.807) is 38.1 Å². The number of amides is 4. The first-order chi connectivity index (χ1) is 13.8. The van der Waals surface area contributed by atoms with E-state index in [9.17, 15) is 19.2 Å². The van der Waals surface area contributed by atoms with Crippen LogP contribution in [-0.2, 0) is 0 Å². The van der Waals surface area contributed by atoms with Gasteiger partial charge in [0.15, 0.2) is 0 Å². The highest BCUT2D eigenvalue weighted by atomic mass is 35.5. The smallest absolute Gasteiger partial charge is 0.261 e. The maximum Gasteiger partial charge on any atom is 0.261 e. The van der Waals surface area contributed by atoms with E-state index in [-0.39, 0.29) is 42.1 Å². The van der Waals surface area contributed by atoms with Crippen molar-refractivity contribution in [2.75, 3.05) is 13.1 Å². The fourth-order valence-corrected chi connectivity index (χ4v) is 3.29.